The molecule has 0 saturated carbocycles. The Morgan fingerprint density at radius 2 is 2.12 bits per heavy atom. The van der Waals surface area contributed by atoms with E-state index in [-0.39, 0.29) is 0 Å². The lowest BCUT2D eigenvalue weighted by Crippen LogP contribution is -2.11. The van der Waals surface area contributed by atoms with Gasteiger partial charge in [0, 0.05) is 17.8 Å². The Labute approximate surface area is 101 Å². The zero-order valence-corrected chi connectivity index (χ0v) is 10.9. The largest absolute Gasteiger partial charge is 0.371 e. The number of hydrogen-bond acceptors (Lipinski definition) is 4. The minimum Gasteiger partial charge on any atom is -0.371 e. The van der Waals surface area contributed by atoms with E-state index in [4.69, 9.17) is 0 Å². The number of fused-ring (bicyclic) bond motifs is 1. The van der Waals surface area contributed by atoms with E-state index in [1.54, 1.807) is 6.33 Å². The van der Waals surface area contributed by atoms with Crippen molar-refractivity contribution < 1.29 is 0 Å². The summed E-state index contributed by atoms with van der Waals surface area (Å²) in [4.78, 5) is 4.39. The fraction of sp³-hybridized carbons (Fsp3) is 0.583. The summed E-state index contributed by atoms with van der Waals surface area (Å²) in [6.07, 6.45) is 2.84. The van der Waals surface area contributed by atoms with Crippen molar-refractivity contribution in [1.29, 1.82) is 0 Å². The summed E-state index contributed by atoms with van der Waals surface area (Å²) in [5, 5.41) is 11.3. The van der Waals surface area contributed by atoms with Crippen LogP contribution in [0, 0.1) is 19.8 Å². The Kier molecular flexibility index (Phi) is 3.26. The van der Waals surface area contributed by atoms with Gasteiger partial charge >= 0.3 is 0 Å². The van der Waals surface area contributed by atoms with Crippen LogP contribution in [0.1, 0.15) is 31.5 Å². The van der Waals surface area contributed by atoms with Gasteiger partial charge < -0.3 is 5.32 Å². The Balaban J connectivity index is 2.30. The van der Waals surface area contributed by atoms with Gasteiger partial charge in [0.2, 0.25) is 0 Å². The topological polar surface area (TPSA) is 55.1 Å². The number of nitrogens with zero attached hydrogens (tertiary/aromatic N) is 4. The summed E-state index contributed by atoms with van der Waals surface area (Å²) in [5.74, 6) is 2.40. The van der Waals surface area contributed by atoms with Crippen LogP contribution in [0.25, 0.3) is 5.78 Å². The average molecular weight is 233 g/mol. The Bertz CT molecular complexity index is 515. The normalized spacial score (nSPS) is 11.4. The van der Waals surface area contributed by atoms with Crippen molar-refractivity contribution in [2.75, 3.05) is 11.9 Å². The molecule has 0 amide bonds. The molecule has 92 valence electrons. The molecule has 5 nitrogen and oxygen atoms in total. The molecule has 0 atom stereocenters. The molecule has 0 bridgehead atoms. The van der Waals surface area contributed by atoms with Crippen LogP contribution in [-0.2, 0) is 0 Å². The van der Waals surface area contributed by atoms with Gasteiger partial charge in [0.1, 0.15) is 12.1 Å². The first-order valence-corrected chi connectivity index (χ1v) is 6.00. The fourth-order valence-corrected chi connectivity index (χ4v) is 1.75. The van der Waals surface area contributed by atoms with Crippen molar-refractivity contribution in [2.45, 2.75) is 34.1 Å². The lowest BCUT2D eigenvalue weighted by Gasteiger charge is -2.13. The highest BCUT2D eigenvalue weighted by molar-refractivity contribution is 5.52. The van der Waals surface area contributed by atoms with Gasteiger partial charge in [-0.15, -0.1) is 10.2 Å². The molecule has 0 aliphatic heterocycles. The van der Waals surface area contributed by atoms with E-state index in [2.05, 4.69) is 41.3 Å². The third-order valence-electron chi connectivity index (χ3n) is 2.95. The molecule has 0 unspecified atom stereocenters. The van der Waals surface area contributed by atoms with Crippen LogP contribution < -0.4 is 5.32 Å². The van der Waals surface area contributed by atoms with Crippen LogP contribution in [0.2, 0.25) is 0 Å². The quantitative estimate of drug-likeness (QED) is 0.879. The number of rotatable bonds is 4. The van der Waals surface area contributed by atoms with E-state index >= 15 is 0 Å². The van der Waals surface area contributed by atoms with E-state index in [1.807, 2.05) is 11.3 Å². The van der Waals surface area contributed by atoms with Gasteiger partial charge in [-0.1, -0.05) is 13.8 Å². The van der Waals surface area contributed by atoms with Crippen LogP contribution in [0.3, 0.4) is 0 Å². The second-order valence-electron chi connectivity index (χ2n) is 4.78. The fourth-order valence-electron chi connectivity index (χ4n) is 1.75. The van der Waals surface area contributed by atoms with Gasteiger partial charge in [0.15, 0.2) is 0 Å². The molecule has 2 aromatic heterocycles. The number of anilines is 1. The van der Waals surface area contributed by atoms with E-state index < -0.39 is 0 Å². The summed E-state index contributed by atoms with van der Waals surface area (Å²) in [7, 11) is 0. The summed E-state index contributed by atoms with van der Waals surface area (Å²) in [6.45, 7) is 9.47. The van der Waals surface area contributed by atoms with Crippen molar-refractivity contribution in [3.8, 4) is 0 Å². The average Bonchev–Trinajstić information content (AvgIpc) is 2.70. The Morgan fingerprint density at radius 1 is 1.35 bits per heavy atom. The zero-order chi connectivity index (χ0) is 12.4. The van der Waals surface area contributed by atoms with E-state index in [0.29, 0.717) is 11.7 Å². The summed E-state index contributed by atoms with van der Waals surface area (Å²) >= 11 is 0. The summed E-state index contributed by atoms with van der Waals surface area (Å²) in [5.41, 5.74) is 2.15. The first-order chi connectivity index (χ1) is 8.09. The molecule has 17 heavy (non-hydrogen) atoms. The Morgan fingerprint density at radius 3 is 2.82 bits per heavy atom. The second-order valence-corrected chi connectivity index (χ2v) is 4.78. The summed E-state index contributed by atoms with van der Waals surface area (Å²) < 4.78 is 1.91. The predicted octanol–water partition coefficient (Wildman–Crippen LogP) is 2.20. The van der Waals surface area contributed by atoms with Crippen LogP contribution >= 0.6 is 0 Å². The van der Waals surface area contributed by atoms with Crippen molar-refractivity contribution in [2.24, 2.45) is 5.92 Å². The molecule has 2 heterocycles. The standard InChI is InChI=1S/C12H19N5/c1-8(2)5-6-13-11-9(3)10(4)15-12-16-14-7-17(11)12/h7-8,13H,5-6H2,1-4H3. The highest BCUT2D eigenvalue weighted by Gasteiger charge is 2.09. The van der Waals surface area contributed by atoms with Crippen LogP contribution in [-0.4, -0.2) is 26.1 Å². The molecule has 0 saturated heterocycles. The number of nitrogens with one attached hydrogen (secondary N) is 1. The zero-order valence-electron chi connectivity index (χ0n) is 10.9. The molecule has 0 radical (unpaired) electrons. The molecule has 0 aromatic carbocycles. The van der Waals surface area contributed by atoms with Crippen molar-refractivity contribution in [3.05, 3.63) is 17.6 Å². The highest BCUT2D eigenvalue weighted by atomic mass is 15.3. The molecule has 0 fully saturated rings. The molecule has 0 aliphatic rings. The maximum Gasteiger partial charge on any atom is 0.256 e. The van der Waals surface area contributed by atoms with Gasteiger partial charge in [-0.05, 0) is 26.2 Å². The molecule has 0 aliphatic carbocycles. The van der Waals surface area contributed by atoms with E-state index in [1.165, 1.54) is 0 Å². The molecule has 2 rings (SSSR count). The third kappa shape index (κ3) is 2.38. The second kappa shape index (κ2) is 4.69. The van der Waals surface area contributed by atoms with Crippen molar-refractivity contribution >= 4 is 11.6 Å². The first-order valence-electron chi connectivity index (χ1n) is 6.00. The van der Waals surface area contributed by atoms with Crippen LogP contribution in [0.4, 0.5) is 5.82 Å². The number of aromatic nitrogens is 4. The third-order valence-corrected chi connectivity index (χ3v) is 2.95. The Hall–Kier alpha value is -1.65. The minimum atomic E-state index is 0.653. The van der Waals surface area contributed by atoms with Crippen molar-refractivity contribution in [3.63, 3.8) is 0 Å². The van der Waals surface area contributed by atoms with Gasteiger partial charge in [-0.3, -0.25) is 4.40 Å². The lowest BCUT2D eigenvalue weighted by molar-refractivity contribution is 0.606. The monoisotopic (exact) mass is 233 g/mol. The van der Waals surface area contributed by atoms with E-state index in [9.17, 15) is 0 Å². The van der Waals surface area contributed by atoms with Gasteiger partial charge in [-0.25, -0.2) is 4.98 Å². The number of aryl methyl sites for hydroxylation is 1. The smallest absolute Gasteiger partial charge is 0.256 e. The van der Waals surface area contributed by atoms with Crippen molar-refractivity contribution in [1.82, 2.24) is 19.6 Å². The first kappa shape index (κ1) is 11.8. The SMILES string of the molecule is Cc1nc2nncn2c(NCCC(C)C)c1C. The maximum atomic E-state index is 4.39. The number of hydrogen-bond donors (Lipinski definition) is 1. The minimum absolute atomic E-state index is 0.653. The molecule has 5 heteroatoms. The lowest BCUT2D eigenvalue weighted by atomic mass is 10.1. The molecular formula is C12H19N5. The molecule has 2 aromatic rings. The molecule has 0 spiro atoms. The van der Waals surface area contributed by atoms with Gasteiger partial charge in [-0.2, -0.15) is 0 Å². The van der Waals surface area contributed by atoms with Crippen LogP contribution in [0.15, 0.2) is 6.33 Å². The molecular weight excluding hydrogens is 214 g/mol. The molecule has 1 N–H and O–H groups in total. The highest BCUT2D eigenvalue weighted by Crippen LogP contribution is 2.18. The van der Waals surface area contributed by atoms with Gasteiger partial charge in [0.25, 0.3) is 5.78 Å². The summed E-state index contributed by atoms with van der Waals surface area (Å²) in [6, 6.07) is 0. The van der Waals surface area contributed by atoms with E-state index in [0.717, 1.165) is 30.0 Å². The van der Waals surface area contributed by atoms with Crippen LogP contribution in [0.5, 0.6) is 0 Å². The predicted molar refractivity (Wildman–Crippen MR) is 68.2 cm³/mol. The maximum absolute atomic E-state index is 4.39. The van der Waals surface area contributed by atoms with Gasteiger partial charge in [0.05, 0.1) is 0 Å².